The summed E-state index contributed by atoms with van der Waals surface area (Å²) in [6, 6.07) is 13.0. The predicted molar refractivity (Wildman–Crippen MR) is 131 cm³/mol. The van der Waals surface area contributed by atoms with E-state index in [-0.39, 0.29) is 11.1 Å². The summed E-state index contributed by atoms with van der Waals surface area (Å²) >= 11 is 2.66. The lowest BCUT2D eigenvalue weighted by molar-refractivity contribution is -0.136. The van der Waals surface area contributed by atoms with Gasteiger partial charge in [0.2, 0.25) is 0 Å². The standard InChI is InChI=1S/C25H18N2O6S2/c1-13-20(24(31)32-2)21(18-4-3-11-34-18)27-22(28)19(35-25(27)26-13)12-16-9-10-17(33-16)14-5-7-15(8-6-14)23(29)30/h3-12,21H,1-2H3,(H,29,30). The number of aromatic nitrogens is 1. The number of thiazole rings is 1. The molecule has 0 fully saturated rings. The first-order valence-electron chi connectivity index (χ1n) is 10.4. The average Bonchev–Trinajstić information content (AvgIpc) is 3.60. The molecule has 35 heavy (non-hydrogen) atoms. The molecule has 8 nitrogen and oxygen atoms in total. The first kappa shape index (κ1) is 22.8. The highest BCUT2D eigenvalue weighted by Gasteiger charge is 2.33. The van der Waals surface area contributed by atoms with Gasteiger partial charge in [-0.25, -0.2) is 14.6 Å². The van der Waals surface area contributed by atoms with Crippen LogP contribution in [0.5, 0.6) is 0 Å². The molecule has 4 heterocycles. The van der Waals surface area contributed by atoms with Gasteiger partial charge in [0.05, 0.1) is 28.5 Å². The number of fused-ring (bicyclic) bond motifs is 1. The summed E-state index contributed by atoms with van der Waals surface area (Å²) in [5, 5.41) is 11.0. The van der Waals surface area contributed by atoms with Gasteiger partial charge in [-0.15, -0.1) is 11.3 Å². The molecule has 3 aromatic heterocycles. The topological polar surface area (TPSA) is 111 Å². The van der Waals surface area contributed by atoms with Crippen LogP contribution in [0.4, 0.5) is 0 Å². The Morgan fingerprint density at radius 3 is 2.60 bits per heavy atom. The van der Waals surface area contributed by atoms with Crippen molar-refractivity contribution in [2.75, 3.05) is 7.11 Å². The number of ether oxygens (including phenoxy) is 1. The third-order valence-electron chi connectivity index (χ3n) is 5.56. The number of hydrogen-bond acceptors (Lipinski definition) is 8. The Kier molecular flexibility index (Phi) is 5.83. The lowest BCUT2D eigenvalue weighted by Crippen LogP contribution is -2.39. The summed E-state index contributed by atoms with van der Waals surface area (Å²) in [7, 11) is 1.31. The summed E-state index contributed by atoms with van der Waals surface area (Å²) in [4.78, 5) is 43.0. The molecule has 0 bridgehead atoms. The van der Waals surface area contributed by atoms with E-state index in [1.165, 1.54) is 46.5 Å². The lowest BCUT2D eigenvalue weighted by Gasteiger charge is -2.22. The average molecular weight is 507 g/mol. The number of benzene rings is 1. The quantitative estimate of drug-likeness (QED) is 0.415. The number of allylic oxidation sites excluding steroid dienone is 1. The zero-order valence-electron chi connectivity index (χ0n) is 18.6. The van der Waals surface area contributed by atoms with Gasteiger partial charge in [-0.2, -0.15) is 0 Å². The number of carboxylic acid groups (broad SMARTS) is 1. The summed E-state index contributed by atoms with van der Waals surface area (Å²) < 4.78 is 12.8. The number of carbonyl (C=O) groups is 2. The molecule has 0 aliphatic carbocycles. The van der Waals surface area contributed by atoms with Gasteiger partial charge in [0.25, 0.3) is 5.56 Å². The van der Waals surface area contributed by atoms with Gasteiger partial charge in [0.15, 0.2) is 4.80 Å². The number of methoxy groups -OCH3 is 1. The van der Waals surface area contributed by atoms with Crippen LogP contribution in [0, 0.1) is 0 Å². The molecule has 1 aliphatic rings. The smallest absolute Gasteiger partial charge is 0.338 e. The Morgan fingerprint density at radius 1 is 1.17 bits per heavy atom. The number of carbonyl (C=O) groups excluding carboxylic acids is 1. The van der Waals surface area contributed by atoms with Crippen LogP contribution in [0.1, 0.15) is 34.0 Å². The summed E-state index contributed by atoms with van der Waals surface area (Å²) in [5.74, 6) is -0.521. The van der Waals surface area contributed by atoms with Crippen LogP contribution in [0.3, 0.4) is 0 Å². The van der Waals surface area contributed by atoms with E-state index >= 15 is 0 Å². The summed E-state index contributed by atoms with van der Waals surface area (Å²) in [6.45, 7) is 1.73. The van der Waals surface area contributed by atoms with Crippen LogP contribution in [0.2, 0.25) is 0 Å². The van der Waals surface area contributed by atoms with Gasteiger partial charge < -0.3 is 14.3 Å². The number of hydrogen-bond donors (Lipinski definition) is 1. The van der Waals surface area contributed by atoms with E-state index in [1.807, 2.05) is 17.5 Å². The fraction of sp³-hybridized carbons (Fsp3) is 0.120. The maximum absolute atomic E-state index is 13.5. The number of aromatic carboxylic acids is 1. The molecule has 1 unspecified atom stereocenters. The molecule has 0 radical (unpaired) electrons. The minimum Gasteiger partial charge on any atom is -0.478 e. The molecule has 0 spiro atoms. The Bertz CT molecular complexity index is 1650. The highest BCUT2D eigenvalue weighted by molar-refractivity contribution is 7.10. The molecule has 4 aromatic rings. The van der Waals surface area contributed by atoms with Crippen molar-refractivity contribution in [1.82, 2.24) is 4.57 Å². The van der Waals surface area contributed by atoms with Crippen molar-refractivity contribution >= 4 is 40.7 Å². The second kappa shape index (κ2) is 8.97. The van der Waals surface area contributed by atoms with E-state index in [2.05, 4.69) is 4.99 Å². The first-order chi connectivity index (χ1) is 16.9. The number of carboxylic acids is 1. The van der Waals surface area contributed by atoms with E-state index in [0.29, 0.717) is 37.7 Å². The SMILES string of the molecule is COC(=O)C1=C(C)N=c2sc(=Cc3ccc(-c4ccc(C(=O)O)cc4)o3)c(=O)n2C1c1cccs1. The van der Waals surface area contributed by atoms with Crippen molar-refractivity contribution < 1.29 is 23.8 Å². The number of esters is 1. The highest BCUT2D eigenvalue weighted by Crippen LogP contribution is 2.33. The highest BCUT2D eigenvalue weighted by atomic mass is 32.1. The maximum atomic E-state index is 13.5. The Labute approximate surface area is 206 Å². The van der Waals surface area contributed by atoms with Gasteiger partial charge in [0.1, 0.15) is 17.6 Å². The molecule has 1 aromatic carbocycles. The van der Waals surface area contributed by atoms with Crippen LogP contribution in [-0.4, -0.2) is 28.7 Å². The fourth-order valence-corrected chi connectivity index (χ4v) is 5.75. The minimum absolute atomic E-state index is 0.184. The molecule has 0 saturated heterocycles. The molecule has 0 saturated carbocycles. The fourth-order valence-electron chi connectivity index (χ4n) is 3.90. The summed E-state index contributed by atoms with van der Waals surface area (Å²) in [5.41, 5.74) is 1.45. The Balaban J connectivity index is 1.58. The zero-order valence-corrected chi connectivity index (χ0v) is 20.2. The van der Waals surface area contributed by atoms with Gasteiger partial charge in [-0.05, 0) is 42.6 Å². The van der Waals surface area contributed by atoms with Crippen molar-refractivity contribution in [2.24, 2.45) is 4.99 Å². The monoisotopic (exact) mass is 506 g/mol. The van der Waals surface area contributed by atoms with Gasteiger partial charge in [0, 0.05) is 16.5 Å². The molecule has 176 valence electrons. The van der Waals surface area contributed by atoms with Crippen LogP contribution in [0.15, 0.2) is 79.4 Å². The zero-order chi connectivity index (χ0) is 24.7. The van der Waals surface area contributed by atoms with E-state index in [1.54, 1.807) is 37.3 Å². The second-order valence-corrected chi connectivity index (χ2v) is 9.66. The van der Waals surface area contributed by atoms with Crippen molar-refractivity contribution in [3.8, 4) is 11.3 Å². The lowest BCUT2D eigenvalue weighted by atomic mass is 10.0. The molecule has 1 aliphatic heterocycles. The molecule has 1 atom stereocenters. The number of thiophene rings is 1. The first-order valence-corrected chi connectivity index (χ1v) is 12.1. The van der Waals surface area contributed by atoms with Gasteiger partial charge >= 0.3 is 11.9 Å². The number of rotatable bonds is 5. The molecular weight excluding hydrogens is 488 g/mol. The largest absolute Gasteiger partial charge is 0.478 e. The maximum Gasteiger partial charge on any atom is 0.338 e. The number of furan rings is 1. The van der Waals surface area contributed by atoms with E-state index in [4.69, 9.17) is 14.3 Å². The molecular formula is C25H18N2O6S2. The molecule has 5 rings (SSSR count). The molecule has 1 N–H and O–H groups in total. The molecule has 10 heteroatoms. The van der Waals surface area contributed by atoms with Crippen LogP contribution in [0.25, 0.3) is 17.4 Å². The van der Waals surface area contributed by atoms with Crippen molar-refractivity contribution in [3.05, 3.63) is 101 Å². The van der Waals surface area contributed by atoms with Crippen LogP contribution in [-0.2, 0) is 9.53 Å². The normalized spacial score (nSPS) is 15.6. The minimum atomic E-state index is -1.00. The third kappa shape index (κ3) is 4.07. The van der Waals surface area contributed by atoms with Crippen molar-refractivity contribution in [3.63, 3.8) is 0 Å². The van der Waals surface area contributed by atoms with E-state index in [9.17, 15) is 14.4 Å². The predicted octanol–water partition coefficient (Wildman–Crippen LogP) is 3.43. The van der Waals surface area contributed by atoms with Crippen molar-refractivity contribution in [2.45, 2.75) is 13.0 Å². The van der Waals surface area contributed by atoms with Crippen LogP contribution < -0.4 is 14.9 Å². The second-order valence-electron chi connectivity index (χ2n) is 7.67. The third-order valence-corrected chi connectivity index (χ3v) is 7.46. The van der Waals surface area contributed by atoms with E-state index in [0.717, 1.165) is 4.88 Å². The van der Waals surface area contributed by atoms with Gasteiger partial charge in [-0.1, -0.05) is 29.5 Å². The van der Waals surface area contributed by atoms with E-state index < -0.39 is 18.0 Å². The Hall–Kier alpha value is -4.02. The van der Waals surface area contributed by atoms with Crippen molar-refractivity contribution in [1.29, 1.82) is 0 Å². The molecule has 0 amide bonds. The van der Waals surface area contributed by atoms with Gasteiger partial charge in [-0.3, -0.25) is 9.36 Å². The van der Waals surface area contributed by atoms with Crippen LogP contribution >= 0.6 is 22.7 Å². The summed E-state index contributed by atoms with van der Waals surface area (Å²) in [6.07, 6.45) is 1.64. The Morgan fingerprint density at radius 2 is 1.94 bits per heavy atom. The number of nitrogens with zero attached hydrogens (tertiary/aromatic N) is 2.